The lowest BCUT2D eigenvalue weighted by Crippen LogP contribution is -2.01. The second kappa shape index (κ2) is 6.36. The Morgan fingerprint density at radius 3 is 2.81 bits per heavy atom. The molecule has 21 heavy (non-hydrogen) atoms. The lowest BCUT2D eigenvalue weighted by molar-refractivity contribution is 0.489. The van der Waals surface area contributed by atoms with Crippen LogP contribution in [0.3, 0.4) is 0 Å². The normalized spacial score (nSPS) is 11.0. The largest absolute Gasteiger partial charge is 0.431 e. The van der Waals surface area contributed by atoms with Gasteiger partial charge < -0.3 is 9.73 Å². The minimum Gasteiger partial charge on any atom is -0.431 e. The van der Waals surface area contributed by atoms with Crippen LogP contribution in [0.4, 0.5) is 5.82 Å². The van der Waals surface area contributed by atoms with Gasteiger partial charge in [-0.15, -0.1) is 0 Å². The number of benzene rings is 1. The van der Waals surface area contributed by atoms with E-state index in [-0.39, 0.29) is 0 Å². The van der Waals surface area contributed by atoms with E-state index in [0.717, 1.165) is 33.6 Å². The van der Waals surface area contributed by atoms with Crippen LogP contribution in [0.2, 0.25) is 0 Å². The molecule has 0 aliphatic rings. The summed E-state index contributed by atoms with van der Waals surface area (Å²) in [5, 5.41) is 5.34. The van der Waals surface area contributed by atoms with Crippen molar-refractivity contribution in [3.05, 3.63) is 30.3 Å². The molecule has 7 heteroatoms. The summed E-state index contributed by atoms with van der Waals surface area (Å²) < 4.78 is 5.71. The molecule has 0 radical (unpaired) electrons. The molecule has 5 nitrogen and oxygen atoms in total. The topological polar surface area (TPSA) is 63.8 Å². The van der Waals surface area contributed by atoms with Crippen LogP contribution >= 0.6 is 23.5 Å². The molecule has 2 heterocycles. The zero-order valence-corrected chi connectivity index (χ0v) is 13.3. The highest BCUT2D eigenvalue weighted by molar-refractivity contribution is 7.99. The molecule has 0 fully saturated rings. The van der Waals surface area contributed by atoms with Crippen molar-refractivity contribution in [1.82, 2.24) is 15.0 Å². The quantitative estimate of drug-likeness (QED) is 0.434. The molecular formula is C14H14N4OS2. The van der Waals surface area contributed by atoms with Crippen LogP contribution in [0.15, 0.2) is 50.2 Å². The lowest BCUT2D eigenvalue weighted by Gasteiger charge is -2.05. The van der Waals surface area contributed by atoms with Crippen LogP contribution in [0.25, 0.3) is 11.1 Å². The number of thioether (sulfide) groups is 1. The van der Waals surface area contributed by atoms with Crippen molar-refractivity contribution in [1.29, 1.82) is 0 Å². The van der Waals surface area contributed by atoms with Gasteiger partial charge in [-0.25, -0.2) is 15.0 Å². The van der Waals surface area contributed by atoms with Crippen molar-refractivity contribution in [2.75, 3.05) is 18.1 Å². The first-order valence-corrected chi connectivity index (χ1v) is 8.53. The van der Waals surface area contributed by atoms with E-state index < -0.39 is 0 Å². The van der Waals surface area contributed by atoms with Gasteiger partial charge in [0, 0.05) is 12.6 Å². The van der Waals surface area contributed by atoms with Gasteiger partial charge in [0.15, 0.2) is 10.7 Å². The second-order valence-electron chi connectivity index (χ2n) is 4.16. The third-order valence-electron chi connectivity index (χ3n) is 2.69. The molecule has 0 unspecified atom stereocenters. The highest BCUT2D eigenvalue weighted by atomic mass is 32.2. The highest BCUT2D eigenvalue weighted by Crippen LogP contribution is 2.30. The van der Waals surface area contributed by atoms with E-state index in [4.69, 9.17) is 4.42 Å². The van der Waals surface area contributed by atoms with E-state index >= 15 is 0 Å². The Morgan fingerprint density at radius 1 is 1.19 bits per heavy atom. The number of anilines is 1. The smallest absolute Gasteiger partial charge is 0.263 e. The van der Waals surface area contributed by atoms with Crippen molar-refractivity contribution < 1.29 is 4.42 Å². The fourth-order valence-corrected chi connectivity index (χ4v) is 3.00. The van der Waals surface area contributed by atoms with Crippen molar-refractivity contribution >= 4 is 40.4 Å². The molecule has 0 atom stereocenters. The molecule has 0 bridgehead atoms. The van der Waals surface area contributed by atoms with E-state index in [2.05, 4.69) is 20.3 Å². The predicted octanol–water partition coefficient (Wildman–Crippen LogP) is 3.92. The summed E-state index contributed by atoms with van der Waals surface area (Å²) in [5.74, 6) is 0.815. The molecule has 0 aliphatic heterocycles. The van der Waals surface area contributed by atoms with Crippen LogP contribution < -0.4 is 5.32 Å². The number of hydrogen-bond acceptors (Lipinski definition) is 7. The second-order valence-corrected chi connectivity index (χ2v) is 5.90. The van der Waals surface area contributed by atoms with Gasteiger partial charge in [-0.3, -0.25) is 0 Å². The van der Waals surface area contributed by atoms with Crippen LogP contribution in [-0.2, 0) is 0 Å². The van der Waals surface area contributed by atoms with Gasteiger partial charge in [-0.2, -0.15) is 0 Å². The zero-order chi connectivity index (χ0) is 14.7. The average molecular weight is 318 g/mol. The summed E-state index contributed by atoms with van der Waals surface area (Å²) in [5.41, 5.74) is 1.64. The van der Waals surface area contributed by atoms with Crippen LogP contribution in [0.1, 0.15) is 6.92 Å². The van der Waals surface area contributed by atoms with Gasteiger partial charge in [-0.1, -0.05) is 23.9 Å². The van der Waals surface area contributed by atoms with E-state index in [1.165, 1.54) is 23.5 Å². The Bertz CT molecular complexity index is 727. The molecule has 1 aromatic carbocycles. The molecule has 3 rings (SSSR count). The SMILES string of the molecule is CCNc1cc(Sc2nc3ccccc3o2)nc(SC)n1. The molecule has 2 aromatic heterocycles. The van der Waals surface area contributed by atoms with Gasteiger partial charge in [0.2, 0.25) is 0 Å². The van der Waals surface area contributed by atoms with E-state index in [9.17, 15) is 0 Å². The first-order valence-electron chi connectivity index (χ1n) is 6.49. The van der Waals surface area contributed by atoms with E-state index in [1.54, 1.807) is 0 Å². The summed E-state index contributed by atoms with van der Waals surface area (Å²) in [6.07, 6.45) is 1.96. The average Bonchev–Trinajstić information content (AvgIpc) is 2.89. The highest BCUT2D eigenvalue weighted by Gasteiger charge is 2.10. The van der Waals surface area contributed by atoms with Crippen LogP contribution in [0.5, 0.6) is 0 Å². The maximum atomic E-state index is 5.71. The molecule has 0 spiro atoms. The number of oxazole rings is 1. The fourth-order valence-electron chi connectivity index (χ4n) is 1.80. The number of aromatic nitrogens is 3. The lowest BCUT2D eigenvalue weighted by atomic mass is 10.3. The Hall–Kier alpha value is -1.73. The summed E-state index contributed by atoms with van der Waals surface area (Å²) in [6, 6.07) is 9.62. The molecule has 0 saturated heterocycles. The predicted molar refractivity (Wildman–Crippen MR) is 86.1 cm³/mol. The Kier molecular flexibility index (Phi) is 4.31. The third-order valence-corrected chi connectivity index (χ3v) is 4.00. The fraction of sp³-hybridized carbons (Fsp3) is 0.214. The molecule has 1 N–H and O–H groups in total. The summed E-state index contributed by atoms with van der Waals surface area (Å²) >= 11 is 2.91. The number of fused-ring (bicyclic) bond motifs is 1. The van der Waals surface area contributed by atoms with Gasteiger partial charge in [0.1, 0.15) is 16.4 Å². The molecule has 3 aromatic rings. The Labute approximate surface area is 131 Å². The van der Waals surface area contributed by atoms with Gasteiger partial charge in [-0.05, 0) is 37.1 Å². The molecular weight excluding hydrogens is 304 g/mol. The maximum Gasteiger partial charge on any atom is 0.263 e. The standard InChI is InChI=1S/C14H14N4OS2/c1-3-15-11-8-12(18-13(17-11)20-2)21-14-16-9-6-4-5-7-10(9)19-14/h4-8H,3H2,1-2H3,(H,15,17,18). The maximum absolute atomic E-state index is 5.71. The van der Waals surface area contributed by atoms with E-state index in [0.29, 0.717) is 5.22 Å². The number of rotatable bonds is 5. The first-order chi connectivity index (χ1) is 10.3. The summed E-state index contributed by atoms with van der Waals surface area (Å²) in [6.45, 7) is 2.85. The summed E-state index contributed by atoms with van der Waals surface area (Å²) in [4.78, 5) is 13.3. The zero-order valence-electron chi connectivity index (χ0n) is 11.7. The van der Waals surface area contributed by atoms with Gasteiger partial charge >= 0.3 is 0 Å². The van der Waals surface area contributed by atoms with E-state index in [1.807, 2.05) is 43.5 Å². The van der Waals surface area contributed by atoms with Crippen molar-refractivity contribution in [3.63, 3.8) is 0 Å². The minimum absolute atomic E-state index is 0.587. The molecule has 0 amide bonds. The van der Waals surface area contributed by atoms with Crippen LogP contribution in [-0.4, -0.2) is 27.8 Å². The molecule has 0 saturated carbocycles. The van der Waals surface area contributed by atoms with Crippen molar-refractivity contribution in [3.8, 4) is 0 Å². The van der Waals surface area contributed by atoms with Crippen LogP contribution in [0, 0.1) is 0 Å². The Balaban J connectivity index is 1.90. The van der Waals surface area contributed by atoms with Gasteiger partial charge in [0.05, 0.1) is 0 Å². The van der Waals surface area contributed by atoms with Gasteiger partial charge in [0.25, 0.3) is 5.22 Å². The number of para-hydroxylation sites is 2. The minimum atomic E-state index is 0.587. The van der Waals surface area contributed by atoms with Crippen molar-refractivity contribution in [2.24, 2.45) is 0 Å². The summed E-state index contributed by atoms with van der Waals surface area (Å²) in [7, 11) is 0. The number of hydrogen-bond donors (Lipinski definition) is 1. The third kappa shape index (κ3) is 3.30. The monoisotopic (exact) mass is 318 g/mol. The Morgan fingerprint density at radius 2 is 2.05 bits per heavy atom. The first kappa shape index (κ1) is 14.2. The number of nitrogens with one attached hydrogen (secondary N) is 1. The number of nitrogens with zero attached hydrogens (tertiary/aromatic N) is 3. The molecule has 0 aliphatic carbocycles. The van der Waals surface area contributed by atoms with Crippen molar-refractivity contribution in [2.45, 2.75) is 22.3 Å². The molecule has 108 valence electrons.